The number of hydrogen-bond acceptors (Lipinski definition) is 4. The van der Waals surface area contributed by atoms with Gasteiger partial charge in [0.2, 0.25) is 0 Å². The van der Waals surface area contributed by atoms with Gasteiger partial charge in [-0.15, -0.1) is 0 Å². The van der Waals surface area contributed by atoms with Gasteiger partial charge in [-0.1, -0.05) is 11.6 Å². The predicted molar refractivity (Wildman–Crippen MR) is 75.3 cm³/mol. The van der Waals surface area contributed by atoms with Crippen molar-refractivity contribution in [3.63, 3.8) is 0 Å². The van der Waals surface area contributed by atoms with Gasteiger partial charge >= 0.3 is 0 Å². The minimum Gasteiger partial charge on any atom is -0.295 e. The van der Waals surface area contributed by atoms with Gasteiger partial charge in [0.1, 0.15) is 0 Å². The lowest BCUT2D eigenvalue weighted by Gasteiger charge is -2.33. The van der Waals surface area contributed by atoms with E-state index in [4.69, 9.17) is 11.6 Å². The van der Waals surface area contributed by atoms with E-state index in [1.165, 1.54) is 6.07 Å². The number of halogens is 1. The van der Waals surface area contributed by atoms with Crippen molar-refractivity contribution in [2.75, 3.05) is 18.1 Å². The molecule has 1 unspecified atom stereocenters. The summed E-state index contributed by atoms with van der Waals surface area (Å²) in [6.07, 6.45) is 0. The van der Waals surface area contributed by atoms with Gasteiger partial charge in [-0.2, -0.15) is 11.8 Å². The monoisotopic (exact) mass is 286 g/mol. The molecule has 1 heterocycles. The minimum absolute atomic E-state index is 0.105. The van der Waals surface area contributed by atoms with Crippen LogP contribution in [0.1, 0.15) is 12.5 Å². The molecule has 0 spiro atoms. The average molecular weight is 287 g/mol. The Morgan fingerprint density at radius 3 is 3.06 bits per heavy atom. The van der Waals surface area contributed by atoms with Crippen LogP contribution >= 0.6 is 23.4 Å². The highest BCUT2D eigenvalue weighted by molar-refractivity contribution is 7.99. The fourth-order valence-corrected chi connectivity index (χ4v) is 3.27. The van der Waals surface area contributed by atoms with Crippen LogP contribution in [0.2, 0.25) is 5.02 Å². The van der Waals surface area contributed by atoms with Gasteiger partial charge in [-0.25, -0.2) is 0 Å². The summed E-state index contributed by atoms with van der Waals surface area (Å²) in [5, 5.41) is 11.4. The molecule has 1 aliphatic rings. The molecule has 18 heavy (non-hydrogen) atoms. The van der Waals surface area contributed by atoms with E-state index >= 15 is 0 Å². The largest absolute Gasteiger partial charge is 0.295 e. The van der Waals surface area contributed by atoms with Crippen LogP contribution in [0.15, 0.2) is 18.2 Å². The lowest BCUT2D eigenvalue weighted by molar-refractivity contribution is -0.384. The maximum atomic E-state index is 10.8. The zero-order valence-electron chi connectivity index (χ0n) is 10.1. The van der Waals surface area contributed by atoms with Gasteiger partial charge in [-0.05, 0) is 18.6 Å². The lowest BCUT2D eigenvalue weighted by atomic mass is 10.1. The van der Waals surface area contributed by atoms with Crippen molar-refractivity contribution in [3.8, 4) is 0 Å². The number of rotatable bonds is 3. The zero-order chi connectivity index (χ0) is 13.1. The van der Waals surface area contributed by atoms with E-state index in [-0.39, 0.29) is 10.6 Å². The lowest BCUT2D eigenvalue weighted by Crippen LogP contribution is -2.39. The van der Waals surface area contributed by atoms with E-state index in [0.717, 1.165) is 23.6 Å². The van der Waals surface area contributed by atoms with Gasteiger partial charge in [0.05, 0.1) is 4.92 Å². The van der Waals surface area contributed by atoms with Crippen LogP contribution in [0.25, 0.3) is 0 Å². The molecule has 1 aromatic rings. The third kappa shape index (κ3) is 3.16. The summed E-state index contributed by atoms with van der Waals surface area (Å²) in [5.41, 5.74) is 0.943. The normalized spacial score (nSPS) is 20.9. The second kappa shape index (κ2) is 5.91. The van der Waals surface area contributed by atoms with Crippen LogP contribution in [0.5, 0.6) is 0 Å². The molecule has 1 aromatic carbocycles. The second-order valence-electron chi connectivity index (χ2n) is 4.43. The first-order chi connectivity index (χ1) is 8.58. The Labute approximate surface area is 115 Å². The summed E-state index contributed by atoms with van der Waals surface area (Å²) in [4.78, 5) is 12.7. The molecule has 0 aliphatic carbocycles. The highest BCUT2D eigenvalue weighted by Gasteiger charge is 2.20. The second-order valence-corrected chi connectivity index (χ2v) is 5.98. The maximum absolute atomic E-state index is 10.8. The first kappa shape index (κ1) is 13.6. The molecule has 2 rings (SSSR count). The smallest absolute Gasteiger partial charge is 0.269 e. The zero-order valence-corrected chi connectivity index (χ0v) is 11.7. The fraction of sp³-hybridized carbons (Fsp3) is 0.500. The van der Waals surface area contributed by atoms with Crippen molar-refractivity contribution < 1.29 is 4.92 Å². The van der Waals surface area contributed by atoms with E-state index < -0.39 is 0 Å². The topological polar surface area (TPSA) is 46.4 Å². The first-order valence-electron chi connectivity index (χ1n) is 5.82. The van der Waals surface area contributed by atoms with Crippen LogP contribution in [0.4, 0.5) is 5.69 Å². The van der Waals surface area contributed by atoms with E-state index in [1.54, 1.807) is 12.1 Å². The molecule has 0 radical (unpaired) electrons. The number of nitro groups is 1. The summed E-state index contributed by atoms with van der Waals surface area (Å²) < 4.78 is 0. The molecule has 0 N–H and O–H groups in total. The van der Waals surface area contributed by atoms with Crippen LogP contribution in [0, 0.1) is 10.1 Å². The third-order valence-corrected chi connectivity index (χ3v) is 4.68. The summed E-state index contributed by atoms with van der Waals surface area (Å²) in [5.74, 6) is 2.21. The van der Waals surface area contributed by atoms with Gasteiger partial charge in [0.25, 0.3) is 5.69 Å². The van der Waals surface area contributed by atoms with E-state index in [1.807, 2.05) is 11.8 Å². The standard InChI is InChI=1S/C12H15ClN2O2S/c1-9-8-18-5-4-14(9)7-10-6-11(15(16)17)2-3-12(10)13/h2-3,6,9H,4-5,7-8H2,1H3. The average Bonchev–Trinajstić information content (AvgIpc) is 2.34. The van der Waals surface area contributed by atoms with Gasteiger partial charge in [0.15, 0.2) is 0 Å². The quantitative estimate of drug-likeness (QED) is 0.632. The Balaban J connectivity index is 2.17. The van der Waals surface area contributed by atoms with E-state index in [2.05, 4.69) is 11.8 Å². The van der Waals surface area contributed by atoms with Gasteiger partial charge in [0, 0.05) is 47.8 Å². The molecule has 0 bridgehead atoms. The molecule has 1 atom stereocenters. The van der Waals surface area contributed by atoms with Crippen molar-refractivity contribution in [1.29, 1.82) is 0 Å². The summed E-state index contributed by atoms with van der Waals surface area (Å²) in [7, 11) is 0. The molecule has 4 nitrogen and oxygen atoms in total. The fourth-order valence-electron chi connectivity index (χ4n) is 2.01. The van der Waals surface area contributed by atoms with Gasteiger partial charge < -0.3 is 0 Å². The van der Waals surface area contributed by atoms with Crippen LogP contribution < -0.4 is 0 Å². The molecule has 6 heteroatoms. The number of benzene rings is 1. The molecular formula is C12H15ClN2O2S. The van der Waals surface area contributed by atoms with Crippen LogP contribution in [-0.2, 0) is 6.54 Å². The minimum atomic E-state index is -0.380. The van der Waals surface area contributed by atoms with E-state index in [9.17, 15) is 10.1 Å². The molecule has 0 aromatic heterocycles. The van der Waals surface area contributed by atoms with Gasteiger partial charge in [-0.3, -0.25) is 15.0 Å². The Kier molecular flexibility index (Phi) is 4.48. The number of thioether (sulfide) groups is 1. The molecule has 1 aliphatic heterocycles. The third-order valence-electron chi connectivity index (χ3n) is 3.12. The first-order valence-corrected chi connectivity index (χ1v) is 7.36. The van der Waals surface area contributed by atoms with Crippen molar-refractivity contribution in [1.82, 2.24) is 4.90 Å². The molecule has 1 fully saturated rings. The Bertz CT molecular complexity index is 456. The summed E-state index contributed by atoms with van der Waals surface area (Å²) >= 11 is 8.06. The Hall–Kier alpha value is -0.780. The predicted octanol–water partition coefficient (Wildman–Crippen LogP) is 3.19. The van der Waals surface area contributed by atoms with E-state index in [0.29, 0.717) is 17.6 Å². The SMILES string of the molecule is CC1CSCCN1Cc1cc([N+](=O)[O-])ccc1Cl. The molecule has 1 saturated heterocycles. The van der Waals surface area contributed by atoms with Crippen LogP contribution in [-0.4, -0.2) is 33.9 Å². The van der Waals surface area contributed by atoms with Crippen molar-refractivity contribution in [3.05, 3.63) is 38.9 Å². The van der Waals surface area contributed by atoms with Crippen molar-refractivity contribution in [2.45, 2.75) is 19.5 Å². The molecular weight excluding hydrogens is 272 g/mol. The summed E-state index contributed by atoms with van der Waals surface area (Å²) in [6, 6.07) is 5.12. The highest BCUT2D eigenvalue weighted by Crippen LogP contribution is 2.25. The Morgan fingerprint density at radius 1 is 1.61 bits per heavy atom. The Morgan fingerprint density at radius 2 is 2.39 bits per heavy atom. The van der Waals surface area contributed by atoms with Crippen molar-refractivity contribution in [2.24, 2.45) is 0 Å². The number of nitro benzene ring substituents is 1. The number of hydrogen-bond donors (Lipinski definition) is 0. The molecule has 0 amide bonds. The maximum Gasteiger partial charge on any atom is 0.269 e. The number of non-ortho nitro benzene ring substituents is 1. The summed E-state index contributed by atoms with van der Waals surface area (Å²) in [6.45, 7) is 3.87. The highest BCUT2D eigenvalue weighted by atomic mass is 35.5. The van der Waals surface area contributed by atoms with Crippen LogP contribution in [0.3, 0.4) is 0 Å². The number of nitrogens with zero attached hydrogens (tertiary/aromatic N) is 2. The molecule has 0 saturated carbocycles. The molecule has 98 valence electrons. The van der Waals surface area contributed by atoms with Crippen molar-refractivity contribution >= 4 is 29.1 Å².